The fourth-order valence-corrected chi connectivity index (χ4v) is 3.30. The van der Waals surface area contributed by atoms with E-state index in [4.69, 9.17) is 9.15 Å². The molecular formula is C19H21N3O4S. The maximum atomic E-state index is 11.9. The van der Waals surface area contributed by atoms with Crippen molar-refractivity contribution < 1.29 is 18.7 Å². The Kier molecular flexibility index (Phi) is 6.64. The minimum Gasteiger partial charge on any atom is -0.455 e. The van der Waals surface area contributed by atoms with E-state index in [0.717, 1.165) is 30.2 Å². The van der Waals surface area contributed by atoms with Crippen molar-refractivity contribution in [2.45, 2.75) is 31.2 Å². The Hall–Kier alpha value is -2.61. The van der Waals surface area contributed by atoms with Gasteiger partial charge in [-0.25, -0.2) is 9.97 Å². The number of hydrogen-bond donors (Lipinski definition) is 1. The number of unbranched alkanes of at least 4 members (excludes halogenated alkanes) is 2. The van der Waals surface area contributed by atoms with E-state index >= 15 is 0 Å². The number of aromatic nitrogens is 2. The van der Waals surface area contributed by atoms with Gasteiger partial charge in [0, 0.05) is 11.9 Å². The Morgan fingerprint density at radius 1 is 1.22 bits per heavy atom. The number of fused-ring (bicyclic) bond motifs is 3. The average molecular weight is 387 g/mol. The zero-order valence-electron chi connectivity index (χ0n) is 15.1. The van der Waals surface area contributed by atoms with Crippen LogP contribution < -0.4 is 5.32 Å². The number of esters is 1. The second-order valence-electron chi connectivity index (χ2n) is 5.96. The molecule has 0 aliphatic carbocycles. The van der Waals surface area contributed by atoms with Gasteiger partial charge in [0.1, 0.15) is 22.5 Å². The monoisotopic (exact) mass is 387 g/mol. The van der Waals surface area contributed by atoms with E-state index in [1.54, 1.807) is 0 Å². The number of amides is 1. The second kappa shape index (κ2) is 9.36. The van der Waals surface area contributed by atoms with Gasteiger partial charge < -0.3 is 14.5 Å². The molecule has 0 aliphatic heterocycles. The third kappa shape index (κ3) is 4.97. The van der Waals surface area contributed by atoms with Crippen LogP contribution in [0.2, 0.25) is 0 Å². The number of rotatable bonds is 9. The molecule has 0 bridgehead atoms. The van der Waals surface area contributed by atoms with Gasteiger partial charge in [-0.05, 0) is 18.6 Å². The molecule has 0 saturated carbocycles. The summed E-state index contributed by atoms with van der Waals surface area (Å²) in [4.78, 5) is 32.0. The van der Waals surface area contributed by atoms with Crippen LogP contribution >= 0.6 is 11.8 Å². The van der Waals surface area contributed by atoms with Crippen LogP contribution in [0.15, 0.2) is 40.0 Å². The first-order valence-electron chi connectivity index (χ1n) is 8.86. The maximum absolute atomic E-state index is 11.9. The van der Waals surface area contributed by atoms with Crippen LogP contribution in [0.5, 0.6) is 0 Å². The smallest absolute Gasteiger partial charge is 0.316 e. The number of carbonyl (C=O) groups excluding carboxylic acids is 2. The molecule has 3 aromatic rings. The van der Waals surface area contributed by atoms with Crippen molar-refractivity contribution in [3.63, 3.8) is 0 Å². The van der Waals surface area contributed by atoms with E-state index in [0.29, 0.717) is 22.7 Å². The Balaban J connectivity index is 1.52. The molecule has 2 heterocycles. The molecule has 3 rings (SSSR count). The molecule has 0 aliphatic rings. The van der Waals surface area contributed by atoms with Gasteiger partial charge in [0.15, 0.2) is 12.2 Å². The van der Waals surface area contributed by atoms with Crippen molar-refractivity contribution in [1.82, 2.24) is 15.3 Å². The number of thioether (sulfide) groups is 1. The summed E-state index contributed by atoms with van der Waals surface area (Å²) in [6.07, 6.45) is 4.52. The molecule has 0 unspecified atom stereocenters. The number of hydrogen-bond acceptors (Lipinski definition) is 7. The van der Waals surface area contributed by atoms with E-state index in [1.807, 2.05) is 24.3 Å². The largest absolute Gasteiger partial charge is 0.455 e. The highest BCUT2D eigenvalue weighted by atomic mass is 32.2. The lowest BCUT2D eigenvalue weighted by Gasteiger charge is -2.06. The van der Waals surface area contributed by atoms with Crippen molar-refractivity contribution in [2.75, 3.05) is 18.9 Å². The van der Waals surface area contributed by atoms with Crippen LogP contribution in [0.3, 0.4) is 0 Å². The molecule has 1 aromatic carbocycles. The van der Waals surface area contributed by atoms with Gasteiger partial charge in [-0.3, -0.25) is 9.59 Å². The van der Waals surface area contributed by atoms with Gasteiger partial charge in [-0.1, -0.05) is 43.7 Å². The van der Waals surface area contributed by atoms with E-state index in [9.17, 15) is 9.59 Å². The first kappa shape index (κ1) is 19.2. The molecule has 0 radical (unpaired) electrons. The second-order valence-corrected chi connectivity index (χ2v) is 6.93. The molecule has 27 heavy (non-hydrogen) atoms. The van der Waals surface area contributed by atoms with Gasteiger partial charge in [-0.15, -0.1) is 0 Å². The summed E-state index contributed by atoms with van der Waals surface area (Å²) in [5.41, 5.74) is 1.98. The zero-order chi connectivity index (χ0) is 19.1. The summed E-state index contributed by atoms with van der Waals surface area (Å²) < 4.78 is 10.8. The third-order valence-electron chi connectivity index (χ3n) is 3.92. The quantitative estimate of drug-likeness (QED) is 0.260. The van der Waals surface area contributed by atoms with Crippen LogP contribution in [-0.2, 0) is 14.3 Å². The SMILES string of the molecule is CCCCCNC(=O)COC(=O)CSc1ncnc2c1oc1ccccc12. The number of furan rings is 1. The molecule has 2 aromatic heterocycles. The summed E-state index contributed by atoms with van der Waals surface area (Å²) in [6.45, 7) is 2.43. The Morgan fingerprint density at radius 2 is 2.07 bits per heavy atom. The van der Waals surface area contributed by atoms with Crippen LogP contribution in [0, 0.1) is 0 Å². The topological polar surface area (TPSA) is 94.3 Å². The number of benzene rings is 1. The molecule has 142 valence electrons. The van der Waals surface area contributed by atoms with Crippen molar-refractivity contribution >= 4 is 45.7 Å². The van der Waals surface area contributed by atoms with Crippen LogP contribution in [0.25, 0.3) is 22.1 Å². The van der Waals surface area contributed by atoms with Crippen molar-refractivity contribution in [3.05, 3.63) is 30.6 Å². The minimum atomic E-state index is -0.480. The third-order valence-corrected chi connectivity index (χ3v) is 4.86. The zero-order valence-corrected chi connectivity index (χ0v) is 15.9. The van der Waals surface area contributed by atoms with Gasteiger partial charge in [-0.2, -0.15) is 0 Å². The predicted molar refractivity (Wildman–Crippen MR) is 104 cm³/mol. The Morgan fingerprint density at radius 3 is 2.93 bits per heavy atom. The van der Waals surface area contributed by atoms with Gasteiger partial charge in [0.25, 0.3) is 5.91 Å². The summed E-state index contributed by atoms with van der Waals surface area (Å²) in [6, 6.07) is 7.58. The minimum absolute atomic E-state index is 0.0340. The highest BCUT2D eigenvalue weighted by Gasteiger charge is 2.15. The summed E-state index contributed by atoms with van der Waals surface area (Å²) >= 11 is 1.20. The Bertz CT molecular complexity index is 941. The highest BCUT2D eigenvalue weighted by molar-refractivity contribution is 8.00. The number of para-hydroxylation sites is 1. The van der Waals surface area contributed by atoms with Crippen molar-refractivity contribution in [1.29, 1.82) is 0 Å². The molecule has 1 N–H and O–H groups in total. The van der Waals surface area contributed by atoms with Gasteiger partial charge in [0.2, 0.25) is 0 Å². The molecule has 1 amide bonds. The summed E-state index contributed by atoms with van der Waals surface area (Å²) in [5.74, 6) is -0.732. The van der Waals surface area contributed by atoms with Crippen molar-refractivity contribution in [2.24, 2.45) is 0 Å². The lowest BCUT2D eigenvalue weighted by Crippen LogP contribution is -2.29. The van der Waals surface area contributed by atoms with E-state index in [1.165, 1.54) is 18.1 Å². The molecular weight excluding hydrogens is 366 g/mol. The van der Waals surface area contributed by atoms with E-state index in [-0.39, 0.29) is 18.3 Å². The molecule has 7 nitrogen and oxygen atoms in total. The van der Waals surface area contributed by atoms with E-state index < -0.39 is 5.97 Å². The molecule has 0 saturated heterocycles. The highest BCUT2D eigenvalue weighted by Crippen LogP contribution is 2.32. The molecule has 0 atom stereocenters. The van der Waals surface area contributed by atoms with E-state index in [2.05, 4.69) is 22.2 Å². The first-order chi connectivity index (χ1) is 13.2. The van der Waals surface area contributed by atoms with Gasteiger partial charge in [0.05, 0.1) is 5.75 Å². The van der Waals surface area contributed by atoms with Gasteiger partial charge >= 0.3 is 5.97 Å². The predicted octanol–water partition coefficient (Wildman–Crippen LogP) is 3.32. The normalized spacial score (nSPS) is 11.0. The lowest BCUT2D eigenvalue weighted by molar-refractivity contribution is -0.145. The molecule has 8 heteroatoms. The number of nitrogens with one attached hydrogen (secondary N) is 1. The Labute approximate surface area is 160 Å². The fraction of sp³-hybridized carbons (Fsp3) is 0.368. The van der Waals surface area contributed by atoms with Crippen LogP contribution in [0.1, 0.15) is 26.2 Å². The van der Waals surface area contributed by atoms with Crippen LogP contribution in [-0.4, -0.2) is 40.7 Å². The summed E-state index contributed by atoms with van der Waals surface area (Å²) in [5, 5.41) is 4.20. The summed E-state index contributed by atoms with van der Waals surface area (Å²) in [7, 11) is 0. The standard InChI is InChI=1S/C19H21N3O4S/c1-2-3-6-9-20-15(23)10-25-16(24)11-27-19-18-17(21-12-22-19)13-7-4-5-8-14(13)26-18/h4-5,7-8,12H,2-3,6,9-11H2,1H3,(H,20,23). The average Bonchev–Trinajstić information content (AvgIpc) is 3.07. The van der Waals surface area contributed by atoms with Crippen molar-refractivity contribution in [3.8, 4) is 0 Å². The maximum Gasteiger partial charge on any atom is 0.316 e. The number of ether oxygens (including phenoxy) is 1. The fourth-order valence-electron chi connectivity index (χ4n) is 2.57. The lowest BCUT2D eigenvalue weighted by atomic mass is 10.2. The molecule has 0 fully saturated rings. The van der Waals surface area contributed by atoms with Crippen LogP contribution in [0.4, 0.5) is 0 Å². The molecule has 0 spiro atoms. The first-order valence-corrected chi connectivity index (χ1v) is 9.85. The number of carbonyl (C=O) groups is 2. The number of nitrogens with zero attached hydrogens (tertiary/aromatic N) is 2.